The largest absolute Gasteiger partial charge is 0.489 e. The summed E-state index contributed by atoms with van der Waals surface area (Å²) in [5.41, 5.74) is 1.66. The maximum Gasteiger partial charge on any atom is 0.143 e. The molecule has 0 N–H and O–H groups in total. The Morgan fingerprint density at radius 1 is 0.714 bits per heavy atom. The van der Waals surface area contributed by atoms with Gasteiger partial charge in [0.2, 0.25) is 0 Å². The lowest BCUT2D eigenvalue weighted by molar-refractivity contribution is 0.306. The summed E-state index contributed by atoms with van der Waals surface area (Å²) in [6.07, 6.45) is 0. The number of alkyl halides is 1. The van der Waals surface area contributed by atoms with Crippen LogP contribution >= 0.6 is 15.9 Å². The molecule has 0 heterocycles. The first-order valence-corrected chi connectivity index (χ1v) is 7.86. The van der Waals surface area contributed by atoms with Crippen molar-refractivity contribution in [3.63, 3.8) is 0 Å². The predicted molar refractivity (Wildman–Crippen MR) is 89.1 cm³/mol. The first-order chi connectivity index (χ1) is 10.3. The third-order valence-corrected chi connectivity index (χ3v) is 3.48. The minimum Gasteiger partial charge on any atom is -0.489 e. The summed E-state index contributed by atoms with van der Waals surface area (Å²) in [7, 11) is 0. The van der Waals surface area contributed by atoms with E-state index < -0.39 is 0 Å². The fraction of sp³-hybridized carbons (Fsp3) is 0.111. The van der Waals surface area contributed by atoms with Crippen molar-refractivity contribution >= 4 is 26.7 Å². The molecule has 3 aromatic rings. The van der Waals surface area contributed by atoms with Gasteiger partial charge in [-0.2, -0.15) is 0 Å². The van der Waals surface area contributed by atoms with Gasteiger partial charge in [-0.15, -0.1) is 0 Å². The highest BCUT2D eigenvalue weighted by Gasteiger charge is 2.01. The average Bonchev–Trinajstić information content (AvgIpc) is 2.54. The fourth-order valence-corrected chi connectivity index (χ4v) is 2.45. The zero-order valence-electron chi connectivity index (χ0n) is 11.5. The molecule has 0 amide bonds. The molecule has 0 saturated heterocycles. The van der Waals surface area contributed by atoms with E-state index in [2.05, 4.69) is 40.2 Å². The minimum atomic E-state index is 0.497. The highest BCUT2D eigenvalue weighted by molar-refractivity contribution is 9.09. The molecule has 0 aliphatic heterocycles. The van der Waals surface area contributed by atoms with E-state index in [9.17, 15) is 0 Å². The lowest BCUT2D eigenvalue weighted by Crippen LogP contribution is -1.94. The van der Waals surface area contributed by atoms with E-state index in [0.717, 1.165) is 22.3 Å². The Kier molecular flexibility index (Phi) is 4.41. The van der Waals surface area contributed by atoms with Gasteiger partial charge in [-0.05, 0) is 56.5 Å². The van der Waals surface area contributed by atoms with Crippen LogP contribution in [0.4, 0.5) is 0 Å². The molecule has 0 aromatic heterocycles. The van der Waals surface area contributed by atoms with Crippen LogP contribution in [0.3, 0.4) is 0 Å². The zero-order chi connectivity index (χ0) is 14.5. The van der Waals surface area contributed by atoms with Gasteiger partial charge in [0.05, 0.1) is 0 Å². The average molecular weight is 343 g/mol. The van der Waals surface area contributed by atoms with Crippen molar-refractivity contribution in [1.29, 1.82) is 0 Å². The van der Waals surface area contributed by atoms with Crippen molar-refractivity contribution in [2.75, 3.05) is 5.52 Å². The first-order valence-electron chi connectivity index (χ1n) is 6.74. The van der Waals surface area contributed by atoms with Crippen molar-refractivity contribution in [3.05, 3.63) is 72.3 Å². The van der Waals surface area contributed by atoms with Crippen LogP contribution in [0.2, 0.25) is 0 Å². The highest BCUT2D eigenvalue weighted by Crippen LogP contribution is 2.25. The van der Waals surface area contributed by atoms with E-state index in [-0.39, 0.29) is 0 Å². The summed E-state index contributed by atoms with van der Waals surface area (Å²) in [6.45, 7) is 0.580. The maximum atomic E-state index is 5.84. The second kappa shape index (κ2) is 6.64. The first kappa shape index (κ1) is 14.0. The molecular weight excluding hydrogens is 328 g/mol. The van der Waals surface area contributed by atoms with Gasteiger partial charge in [0, 0.05) is 0 Å². The topological polar surface area (TPSA) is 18.5 Å². The van der Waals surface area contributed by atoms with Gasteiger partial charge in [-0.1, -0.05) is 42.5 Å². The van der Waals surface area contributed by atoms with Crippen molar-refractivity contribution in [1.82, 2.24) is 0 Å². The Morgan fingerprint density at radius 2 is 1.33 bits per heavy atom. The predicted octanol–water partition coefficient (Wildman–Crippen LogP) is 5.15. The molecule has 3 rings (SSSR count). The van der Waals surface area contributed by atoms with Gasteiger partial charge < -0.3 is 9.47 Å². The molecule has 21 heavy (non-hydrogen) atoms. The van der Waals surface area contributed by atoms with E-state index in [1.54, 1.807) is 0 Å². The summed E-state index contributed by atoms with van der Waals surface area (Å²) >= 11 is 3.26. The minimum absolute atomic E-state index is 0.497. The van der Waals surface area contributed by atoms with E-state index >= 15 is 0 Å². The van der Waals surface area contributed by atoms with Crippen molar-refractivity contribution < 1.29 is 9.47 Å². The Balaban J connectivity index is 1.76. The van der Waals surface area contributed by atoms with Gasteiger partial charge in [0.1, 0.15) is 23.6 Å². The van der Waals surface area contributed by atoms with Crippen LogP contribution in [0, 0.1) is 0 Å². The quantitative estimate of drug-likeness (QED) is 0.597. The van der Waals surface area contributed by atoms with Crippen LogP contribution in [0.15, 0.2) is 66.7 Å². The molecule has 106 valence electrons. The van der Waals surface area contributed by atoms with Crippen LogP contribution in [-0.2, 0) is 6.61 Å². The Labute approximate surface area is 132 Å². The number of rotatable bonds is 5. The molecule has 2 nitrogen and oxygen atoms in total. The number of benzene rings is 3. The summed E-state index contributed by atoms with van der Waals surface area (Å²) in [5, 5.41) is 2.28. The molecule has 3 heteroatoms. The maximum absolute atomic E-state index is 5.84. The molecular formula is C18H15BrO2. The molecule has 0 atom stereocenters. The van der Waals surface area contributed by atoms with Crippen molar-refractivity contribution in [2.45, 2.75) is 6.61 Å². The summed E-state index contributed by atoms with van der Waals surface area (Å²) in [6, 6.07) is 22.3. The van der Waals surface area contributed by atoms with E-state index in [4.69, 9.17) is 9.47 Å². The number of fused-ring (bicyclic) bond motifs is 1. The molecule has 0 radical (unpaired) electrons. The number of ether oxygens (including phenoxy) is 2. The lowest BCUT2D eigenvalue weighted by Gasteiger charge is -2.08. The van der Waals surface area contributed by atoms with Gasteiger partial charge in [0.25, 0.3) is 0 Å². The van der Waals surface area contributed by atoms with E-state index in [1.807, 2.05) is 42.5 Å². The van der Waals surface area contributed by atoms with Crippen LogP contribution in [0.1, 0.15) is 5.56 Å². The molecule has 0 aliphatic rings. The number of hydrogen-bond donors (Lipinski definition) is 0. The SMILES string of the molecule is BrCOc1ccc2cc(OCc3ccccc3)ccc2c1. The molecule has 3 aromatic carbocycles. The second-order valence-corrected chi connectivity index (χ2v) is 5.16. The fourth-order valence-electron chi connectivity index (χ4n) is 2.19. The highest BCUT2D eigenvalue weighted by atomic mass is 79.9. The lowest BCUT2D eigenvalue weighted by atomic mass is 10.1. The van der Waals surface area contributed by atoms with Crippen LogP contribution in [0.5, 0.6) is 11.5 Å². The summed E-state index contributed by atoms with van der Waals surface area (Å²) in [4.78, 5) is 0. The summed E-state index contributed by atoms with van der Waals surface area (Å²) in [5.74, 6) is 1.73. The van der Waals surface area contributed by atoms with Crippen LogP contribution in [-0.4, -0.2) is 5.52 Å². The van der Waals surface area contributed by atoms with Gasteiger partial charge in [-0.3, -0.25) is 0 Å². The van der Waals surface area contributed by atoms with Gasteiger partial charge in [-0.25, -0.2) is 0 Å². The van der Waals surface area contributed by atoms with Crippen LogP contribution in [0.25, 0.3) is 10.8 Å². The normalized spacial score (nSPS) is 10.5. The Bertz CT molecular complexity index is 726. The standard InChI is InChI=1S/C18H15BrO2/c19-13-21-18-9-7-15-10-17(8-6-16(15)11-18)20-12-14-4-2-1-3-5-14/h1-11H,12-13H2. The smallest absolute Gasteiger partial charge is 0.143 e. The number of hydrogen-bond acceptors (Lipinski definition) is 2. The third kappa shape index (κ3) is 3.56. The molecule has 0 spiro atoms. The van der Waals surface area contributed by atoms with Gasteiger partial charge >= 0.3 is 0 Å². The molecule has 0 unspecified atom stereocenters. The Morgan fingerprint density at radius 3 is 1.95 bits per heavy atom. The van der Waals surface area contributed by atoms with E-state index in [1.165, 1.54) is 5.56 Å². The molecule has 0 fully saturated rings. The van der Waals surface area contributed by atoms with Gasteiger partial charge in [0.15, 0.2) is 0 Å². The zero-order valence-corrected chi connectivity index (χ0v) is 13.0. The molecule has 0 bridgehead atoms. The molecule has 0 aliphatic carbocycles. The second-order valence-electron chi connectivity index (χ2n) is 4.70. The van der Waals surface area contributed by atoms with Crippen molar-refractivity contribution in [2.24, 2.45) is 0 Å². The number of halogens is 1. The Hall–Kier alpha value is -2.00. The third-order valence-electron chi connectivity index (χ3n) is 3.25. The monoisotopic (exact) mass is 342 g/mol. The van der Waals surface area contributed by atoms with E-state index in [0.29, 0.717) is 12.1 Å². The summed E-state index contributed by atoms with van der Waals surface area (Å²) < 4.78 is 11.3. The van der Waals surface area contributed by atoms with Crippen LogP contribution < -0.4 is 9.47 Å². The van der Waals surface area contributed by atoms with Crippen molar-refractivity contribution in [3.8, 4) is 11.5 Å². The molecule has 0 saturated carbocycles.